The minimum absolute atomic E-state index is 0.165. The second-order valence-corrected chi connectivity index (χ2v) is 4.13. The average molecular weight is 220 g/mol. The van der Waals surface area contributed by atoms with Gasteiger partial charge in [-0.25, -0.2) is 4.39 Å². The molecule has 2 N–H and O–H groups in total. The lowest BCUT2D eigenvalue weighted by Crippen LogP contribution is -2.08. The lowest BCUT2D eigenvalue weighted by Gasteiger charge is -2.01. The Kier molecular flexibility index (Phi) is 3.25. The van der Waals surface area contributed by atoms with Gasteiger partial charge in [-0.1, -0.05) is 0 Å². The van der Waals surface area contributed by atoms with Crippen LogP contribution < -0.4 is 5.32 Å². The maximum absolute atomic E-state index is 13.2. The summed E-state index contributed by atoms with van der Waals surface area (Å²) >= 11 is 0. The number of aromatic amines is 1. The predicted octanol–water partition coefficient (Wildman–Crippen LogP) is 2.77. The molecule has 0 aliphatic carbocycles. The van der Waals surface area contributed by atoms with Gasteiger partial charge < -0.3 is 10.3 Å². The van der Waals surface area contributed by atoms with Crippen LogP contribution in [0.1, 0.15) is 17.7 Å². The van der Waals surface area contributed by atoms with E-state index >= 15 is 0 Å². The molecule has 1 aromatic carbocycles. The van der Waals surface area contributed by atoms with E-state index in [2.05, 4.69) is 10.3 Å². The fourth-order valence-electron chi connectivity index (χ4n) is 2.12. The highest BCUT2D eigenvalue weighted by Gasteiger charge is 2.08. The van der Waals surface area contributed by atoms with Crippen molar-refractivity contribution in [3.05, 3.63) is 35.3 Å². The standard InChI is InChI=1S/C13H17FN2/c1-9-11(4-3-7-15-2)12-8-10(14)5-6-13(12)16-9/h5-6,8,15-16H,3-4,7H2,1-2H3. The zero-order chi connectivity index (χ0) is 11.5. The summed E-state index contributed by atoms with van der Waals surface area (Å²) < 4.78 is 13.2. The predicted molar refractivity (Wildman–Crippen MR) is 65.2 cm³/mol. The third kappa shape index (κ3) is 2.09. The van der Waals surface area contributed by atoms with Gasteiger partial charge in [-0.15, -0.1) is 0 Å². The van der Waals surface area contributed by atoms with E-state index in [0.29, 0.717) is 0 Å². The van der Waals surface area contributed by atoms with Crippen molar-refractivity contribution in [2.45, 2.75) is 19.8 Å². The summed E-state index contributed by atoms with van der Waals surface area (Å²) in [6.45, 7) is 3.04. The number of fused-ring (bicyclic) bond motifs is 1. The van der Waals surface area contributed by atoms with Crippen LogP contribution in [0.4, 0.5) is 4.39 Å². The molecule has 16 heavy (non-hydrogen) atoms. The van der Waals surface area contributed by atoms with Gasteiger partial charge in [0.15, 0.2) is 0 Å². The van der Waals surface area contributed by atoms with Gasteiger partial charge in [-0.2, -0.15) is 0 Å². The Hall–Kier alpha value is -1.35. The normalized spacial score (nSPS) is 11.2. The van der Waals surface area contributed by atoms with Crippen molar-refractivity contribution >= 4 is 10.9 Å². The highest BCUT2D eigenvalue weighted by Crippen LogP contribution is 2.24. The molecular formula is C13H17FN2. The van der Waals surface area contributed by atoms with E-state index in [0.717, 1.165) is 36.0 Å². The first-order valence-corrected chi connectivity index (χ1v) is 5.63. The Bertz CT molecular complexity index is 488. The number of aryl methyl sites for hydroxylation is 2. The van der Waals surface area contributed by atoms with Crippen molar-refractivity contribution in [1.82, 2.24) is 10.3 Å². The van der Waals surface area contributed by atoms with E-state index in [1.165, 1.54) is 11.6 Å². The van der Waals surface area contributed by atoms with Gasteiger partial charge in [0.1, 0.15) is 5.82 Å². The third-order valence-electron chi connectivity index (χ3n) is 2.94. The SMILES string of the molecule is CNCCCc1c(C)[nH]c2ccc(F)cc12. The summed E-state index contributed by atoms with van der Waals surface area (Å²) in [5.74, 6) is -0.165. The van der Waals surface area contributed by atoms with Crippen LogP contribution in [0.5, 0.6) is 0 Å². The molecule has 0 saturated carbocycles. The number of hydrogen-bond acceptors (Lipinski definition) is 1. The van der Waals surface area contributed by atoms with Gasteiger partial charge >= 0.3 is 0 Å². The van der Waals surface area contributed by atoms with Gasteiger partial charge in [-0.3, -0.25) is 0 Å². The first-order chi connectivity index (χ1) is 7.72. The molecule has 1 aromatic heterocycles. The Balaban J connectivity index is 2.34. The van der Waals surface area contributed by atoms with Crippen LogP contribution in [0.3, 0.4) is 0 Å². The van der Waals surface area contributed by atoms with Crippen molar-refractivity contribution in [3.8, 4) is 0 Å². The van der Waals surface area contributed by atoms with Gasteiger partial charge in [-0.05, 0) is 57.1 Å². The molecule has 0 aliphatic rings. The second kappa shape index (κ2) is 4.66. The molecule has 3 heteroatoms. The van der Waals surface area contributed by atoms with Crippen LogP contribution in [0, 0.1) is 12.7 Å². The number of aromatic nitrogens is 1. The number of benzene rings is 1. The molecule has 0 bridgehead atoms. The molecule has 0 amide bonds. The van der Waals surface area contributed by atoms with E-state index < -0.39 is 0 Å². The van der Waals surface area contributed by atoms with Crippen molar-refractivity contribution in [1.29, 1.82) is 0 Å². The first-order valence-electron chi connectivity index (χ1n) is 5.63. The lowest BCUT2D eigenvalue weighted by atomic mass is 10.1. The molecular weight excluding hydrogens is 203 g/mol. The first kappa shape index (κ1) is 11.1. The smallest absolute Gasteiger partial charge is 0.123 e. The number of halogens is 1. The number of H-pyrrole nitrogens is 1. The maximum Gasteiger partial charge on any atom is 0.123 e. The zero-order valence-corrected chi connectivity index (χ0v) is 9.73. The molecule has 0 saturated heterocycles. The Morgan fingerprint density at radius 2 is 2.19 bits per heavy atom. The van der Waals surface area contributed by atoms with Gasteiger partial charge in [0.05, 0.1) is 0 Å². The Morgan fingerprint density at radius 1 is 1.38 bits per heavy atom. The molecule has 2 aromatic rings. The highest BCUT2D eigenvalue weighted by atomic mass is 19.1. The fourth-order valence-corrected chi connectivity index (χ4v) is 2.12. The van der Waals surface area contributed by atoms with Crippen molar-refractivity contribution in [2.75, 3.05) is 13.6 Å². The third-order valence-corrected chi connectivity index (χ3v) is 2.94. The highest BCUT2D eigenvalue weighted by molar-refractivity contribution is 5.84. The molecule has 0 unspecified atom stereocenters. The molecule has 0 atom stereocenters. The number of hydrogen-bond donors (Lipinski definition) is 2. The fraction of sp³-hybridized carbons (Fsp3) is 0.385. The molecule has 0 radical (unpaired) electrons. The van der Waals surface area contributed by atoms with E-state index in [1.807, 2.05) is 14.0 Å². The molecule has 0 spiro atoms. The molecule has 1 heterocycles. The monoisotopic (exact) mass is 220 g/mol. The van der Waals surface area contributed by atoms with E-state index in [-0.39, 0.29) is 5.82 Å². The number of nitrogens with one attached hydrogen (secondary N) is 2. The van der Waals surface area contributed by atoms with Crippen molar-refractivity contribution in [3.63, 3.8) is 0 Å². The maximum atomic E-state index is 13.2. The van der Waals surface area contributed by atoms with E-state index in [4.69, 9.17) is 0 Å². The largest absolute Gasteiger partial charge is 0.358 e. The Morgan fingerprint density at radius 3 is 2.94 bits per heavy atom. The van der Waals surface area contributed by atoms with Crippen LogP contribution in [-0.4, -0.2) is 18.6 Å². The van der Waals surface area contributed by atoms with Crippen molar-refractivity contribution in [2.24, 2.45) is 0 Å². The van der Waals surface area contributed by atoms with Gasteiger partial charge in [0.2, 0.25) is 0 Å². The van der Waals surface area contributed by atoms with E-state index in [1.54, 1.807) is 12.1 Å². The Labute approximate surface area is 94.9 Å². The average Bonchev–Trinajstić information content (AvgIpc) is 2.56. The second-order valence-electron chi connectivity index (χ2n) is 4.13. The summed E-state index contributed by atoms with van der Waals surface area (Å²) in [7, 11) is 1.95. The quantitative estimate of drug-likeness (QED) is 0.762. The van der Waals surface area contributed by atoms with Crippen LogP contribution in [0.2, 0.25) is 0 Å². The van der Waals surface area contributed by atoms with Crippen LogP contribution >= 0.6 is 0 Å². The topological polar surface area (TPSA) is 27.8 Å². The minimum atomic E-state index is -0.165. The van der Waals surface area contributed by atoms with Crippen LogP contribution in [-0.2, 0) is 6.42 Å². The van der Waals surface area contributed by atoms with E-state index in [9.17, 15) is 4.39 Å². The molecule has 2 rings (SSSR count). The minimum Gasteiger partial charge on any atom is -0.358 e. The van der Waals surface area contributed by atoms with Crippen LogP contribution in [0.25, 0.3) is 10.9 Å². The summed E-state index contributed by atoms with van der Waals surface area (Å²) in [5, 5.41) is 4.15. The summed E-state index contributed by atoms with van der Waals surface area (Å²) in [6, 6.07) is 4.92. The van der Waals surface area contributed by atoms with Crippen molar-refractivity contribution < 1.29 is 4.39 Å². The molecule has 86 valence electrons. The number of rotatable bonds is 4. The van der Waals surface area contributed by atoms with Crippen LogP contribution in [0.15, 0.2) is 18.2 Å². The molecule has 0 aliphatic heterocycles. The summed E-state index contributed by atoms with van der Waals surface area (Å²) in [4.78, 5) is 3.29. The summed E-state index contributed by atoms with van der Waals surface area (Å²) in [5.41, 5.74) is 3.42. The van der Waals surface area contributed by atoms with Gasteiger partial charge in [0, 0.05) is 16.6 Å². The summed E-state index contributed by atoms with van der Waals surface area (Å²) in [6.07, 6.45) is 2.05. The zero-order valence-electron chi connectivity index (χ0n) is 9.73. The van der Waals surface area contributed by atoms with Gasteiger partial charge in [0.25, 0.3) is 0 Å². The lowest BCUT2D eigenvalue weighted by molar-refractivity contribution is 0.629. The molecule has 0 fully saturated rings. The molecule has 2 nitrogen and oxygen atoms in total.